The number of carbonyl (C=O) groups is 1. The summed E-state index contributed by atoms with van der Waals surface area (Å²) in [5, 5.41) is 14.4. The molecule has 1 aliphatic rings. The number of ether oxygens (including phenoxy) is 2. The fourth-order valence-electron chi connectivity index (χ4n) is 2.69. The Labute approximate surface area is 157 Å². The second-order valence-electron chi connectivity index (χ2n) is 5.78. The first-order valence-electron chi connectivity index (χ1n) is 7.94. The number of anilines is 1. The standard InChI is InChI=1S/C18H13N3O5S/c1-10-3-2-4-15-17(10)20-18(27-15)19-16(22)6-5-11-7-13-14(26-9-25-13)8-12(11)21(23)24/h2-8H,9H2,1H3,(H,19,20,22)/b6-5+. The maximum absolute atomic E-state index is 12.2. The number of benzene rings is 2. The summed E-state index contributed by atoms with van der Waals surface area (Å²) in [6, 6.07) is 8.58. The number of hydrogen-bond donors (Lipinski definition) is 1. The fraction of sp³-hybridized carbons (Fsp3) is 0.111. The van der Waals surface area contributed by atoms with Crippen molar-refractivity contribution in [3.8, 4) is 11.5 Å². The van der Waals surface area contributed by atoms with Crippen LogP contribution in [0.15, 0.2) is 36.4 Å². The second kappa shape index (κ2) is 6.69. The molecule has 0 radical (unpaired) electrons. The van der Waals surface area contributed by atoms with E-state index in [1.165, 1.54) is 35.6 Å². The Bertz CT molecular complexity index is 1110. The van der Waals surface area contributed by atoms with Crippen LogP contribution in [0.2, 0.25) is 0 Å². The van der Waals surface area contributed by atoms with E-state index in [0.717, 1.165) is 15.8 Å². The zero-order valence-corrected chi connectivity index (χ0v) is 14.9. The van der Waals surface area contributed by atoms with Crippen molar-refractivity contribution < 1.29 is 19.2 Å². The van der Waals surface area contributed by atoms with Crippen molar-refractivity contribution in [3.05, 3.63) is 57.6 Å². The highest BCUT2D eigenvalue weighted by atomic mass is 32.1. The number of nitro benzene ring substituents is 1. The zero-order valence-electron chi connectivity index (χ0n) is 14.1. The Morgan fingerprint density at radius 2 is 2.11 bits per heavy atom. The van der Waals surface area contributed by atoms with Gasteiger partial charge < -0.3 is 9.47 Å². The summed E-state index contributed by atoms with van der Waals surface area (Å²) >= 11 is 1.36. The summed E-state index contributed by atoms with van der Waals surface area (Å²) in [6.07, 6.45) is 2.59. The Morgan fingerprint density at radius 1 is 1.33 bits per heavy atom. The summed E-state index contributed by atoms with van der Waals surface area (Å²) in [4.78, 5) is 27.3. The van der Waals surface area contributed by atoms with Crippen LogP contribution >= 0.6 is 11.3 Å². The predicted octanol–water partition coefficient (Wildman–Crippen LogP) is 3.89. The molecular formula is C18H13N3O5S. The maximum atomic E-state index is 12.2. The first-order chi connectivity index (χ1) is 13.0. The molecule has 27 heavy (non-hydrogen) atoms. The van der Waals surface area contributed by atoms with E-state index >= 15 is 0 Å². The highest BCUT2D eigenvalue weighted by molar-refractivity contribution is 7.22. The van der Waals surface area contributed by atoms with Gasteiger partial charge in [0.05, 0.1) is 26.8 Å². The zero-order chi connectivity index (χ0) is 19.0. The molecule has 0 atom stereocenters. The molecule has 0 saturated carbocycles. The van der Waals surface area contributed by atoms with Gasteiger partial charge in [-0.25, -0.2) is 4.98 Å². The highest BCUT2D eigenvalue weighted by Gasteiger charge is 2.22. The molecule has 1 N–H and O–H groups in total. The molecule has 9 heteroatoms. The van der Waals surface area contributed by atoms with E-state index in [4.69, 9.17) is 9.47 Å². The summed E-state index contributed by atoms with van der Waals surface area (Å²) in [5.74, 6) is 0.286. The molecule has 0 bridgehead atoms. The minimum Gasteiger partial charge on any atom is -0.454 e. The third-order valence-electron chi connectivity index (χ3n) is 3.98. The molecule has 0 spiro atoms. The number of nitrogens with zero attached hydrogens (tertiary/aromatic N) is 2. The van der Waals surface area contributed by atoms with E-state index in [2.05, 4.69) is 10.3 Å². The van der Waals surface area contributed by atoms with Crippen LogP contribution in [0, 0.1) is 17.0 Å². The van der Waals surface area contributed by atoms with Crippen LogP contribution in [0.25, 0.3) is 16.3 Å². The molecule has 3 aromatic rings. The van der Waals surface area contributed by atoms with Crippen LogP contribution in [0.1, 0.15) is 11.1 Å². The van der Waals surface area contributed by atoms with E-state index < -0.39 is 10.8 Å². The molecule has 4 rings (SSSR count). The largest absolute Gasteiger partial charge is 0.454 e. The van der Waals surface area contributed by atoms with Gasteiger partial charge in [0.15, 0.2) is 16.6 Å². The van der Waals surface area contributed by atoms with Crippen molar-refractivity contribution in [2.24, 2.45) is 0 Å². The van der Waals surface area contributed by atoms with Gasteiger partial charge in [0.2, 0.25) is 12.7 Å². The average Bonchev–Trinajstić information content (AvgIpc) is 3.25. The van der Waals surface area contributed by atoms with E-state index in [0.29, 0.717) is 16.6 Å². The minimum atomic E-state index is -0.532. The minimum absolute atomic E-state index is 0.0111. The molecule has 136 valence electrons. The van der Waals surface area contributed by atoms with Gasteiger partial charge in [-0.1, -0.05) is 23.5 Å². The Morgan fingerprint density at radius 3 is 2.85 bits per heavy atom. The lowest BCUT2D eigenvalue weighted by Gasteiger charge is -2.01. The average molecular weight is 383 g/mol. The Balaban J connectivity index is 1.56. The van der Waals surface area contributed by atoms with Crippen LogP contribution < -0.4 is 14.8 Å². The molecular weight excluding hydrogens is 370 g/mol. The summed E-state index contributed by atoms with van der Waals surface area (Å²) in [6.45, 7) is 1.96. The van der Waals surface area contributed by atoms with E-state index in [1.807, 2.05) is 25.1 Å². The fourth-order valence-corrected chi connectivity index (χ4v) is 3.64. The number of carbonyl (C=O) groups excluding carboxylic acids is 1. The third-order valence-corrected chi connectivity index (χ3v) is 4.92. The van der Waals surface area contributed by atoms with Gasteiger partial charge in [-0.2, -0.15) is 0 Å². The topological polar surface area (TPSA) is 104 Å². The lowest BCUT2D eigenvalue weighted by Crippen LogP contribution is -2.07. The van der Waals surface area contributed by atoms with Crippen molar-refractivity contribution in [2.75, 3.05) is 12.1 Å². The number of thiazole rings is 1. The molecule has 2 heterocycles. The van der Waals surface area contributed by atoms with Crippen molar-refractivity contribution in [3.63, 3.8) is 0 Å². The lowest BCUT2D eigenvalue weighted by atomic mass is 10.1. The number of amides is 1. The first kappa shape index (κ1) is 17.0. The number of aryl methyl sites for hydroxylation is 1. The number of rotatable bonds is 4. The smallest absolute Gasteiger partial charge is 0.280 e. The van der Waals surface area contributed by atoms with Crippen LogP contribution in [-0.2, 0) is 4.79 Å². The summed E-state index contributed by atoms with van der Waals surface area (Å²) in [7, 11) is 0. The van der Waals surface area contributed by atoms with Gasteiger partial charge in [-0.15, -0.1) is 0 Å². The van der Waals surface area contributed by atoms with Crippen LogP contribution in [0.5, 0.6) is 11.5 Å². The van der Waals surface area contributed by atoms with E-state index in [-0.39, 0.29) is 18.0 Å². The maximum Gasteiger partial charge on any atom is 0.280 e. The van der Waals surface area contributed by atoms with Crippen molar-refractivity contribution in [1.82, 2.24) is 4.98 Å². The van der Waals surface area contributed by atoms with Gasteiger partial charge in [-0.3, -0.25) is 20.2 Å². The number of aromatic nitrogens is 1. The Hall–Kier alpha value is -3.46. The van der Waals surface area contributed by atoms with Gasteiger partial charge in [-0.05, 0) is 30.7 Å². The van der Waals surface area contributed by atoms with E-state index in [9.17, 15) is 14.9 Å². The molecule has 1 aromatic heterocycles. The predicted molar refractivity (Wildman–Crippen MR) is 101 cm³/mol. The number of nitro groups is 1. The molecule has 0 saturated heterocycles. The number of fused-ring (bicyclic) bond motifs is 2. The van der Waals surface area contributed by atoms with Gasteiger partial charge in [0, 0.05) is 6.08 Å². The molecule has 8 nitrogen and oxygen atoms in total. The second-order valence-corrected chi connectivity index (χ2v) is 6.82. The molecule has 0 unspecified atom stereocenters. The number of hydrogen-bond acceptors (Lipinski definition) is 7. The molecule has 0 fully saturated rings. The van der Waals surface area contributed by atoms with Gasteiger partial charge >= 0.3 is 0 Å². The normalized spacial score (nSPS) is 12.6. The van der Waals surface area contributed by atoms with Crippen LogP contribution in [-0.4, -0.2) is 22.6 Å². The highest BCUT2D eigenvalue weighted by Crippen LogP contribution is 2.38. The van der Waals surface area contributed by atoms with Crippen LogP contribution in [0.4, 0.5) is 10.8 Å². The lowest BCUT2D eigenvalue weighted by molar-refractivity contribution is -0.385. The summed E-state index contributed by atoms with van der Waals surface area (Å²) in [5.41, 5.74) is 1.95. The third kappa shape index (κ3) is 3.32. The van der Waals surface area contributed by atoms with Crippen molar-refractivity contribution in [2.45, 2.75) is 6.92 Å². The molecule has 1 aliphatic heterocycles. The quantitative estimate of drug-likeness (QED) is 0.416. The summed E-state index contributed by atoms with van der Waals surface area (Å²) < 4.78 is 11.4. The van der Waals surface area contributed by atoms with E-state index in [1.54, 1.807) is 0 Å². The Kier molecular flexibility index (Phi) is 4.21. The van der Waals surface area contributed by atoms with Crippen LogP contribution in [0.3, 0.4) is 0 Å². The van der Waals surface area contributed by atoms with Crippen molar-refractivity contribution >= 4 is 44.4 Å². The number of nitrogens with one attached hydrogen (secondary N) is 1. The first-order valence-corrected chi connectivity index (χ1v) is 8.76. The molecule has 2 aromatic carbocycles. The SMILES string of the molecule is Cc1cccc2sc(NC(=O)/C=C/c3cc4c(cc3[N+](=O)[O-])OCO4)nc12. The van der Waals surface area contributed by atoms with Crippen molar-refractivity contribution in [1.29, 1.82) is 0 Å². The van der Waals surface area contributed by atoms with Gasteiger partial charge in [0.25, 0.3) is 5.69 Å². The van der Waals surface area contributed by atoms with Gasteiger partial charge in [0.1, 0.15) is 0 Å². The molecule has 0 aliphatic carbocycles. The molecule has 1 amide bonds. The monoisotopic (exact) mass is 383 g/mol. The number of para-hydroxylation sites is 1.